The van der Waals surface area contributed by atoms with Crippen LogP contribution in [0.3, 0.4) is 0 Å². The quantitative estimate of drug-likeness (QED) is 0.902. The third-order valence-corrected chi connectivity index (χ3v) is 3.80. The van der Waals surface area contributed by atoms with Gasteiger partial charge in [-0.05, 0) is 43.3 Å². The Morgan fingerprint density at radius 3 is 2.52 bits per heavy atom. The average molecular weight is 348 g/mol. The lowest BCUT2D eigenvalue weighted by molar-refractivity contribution is -0.134. The lowest BCUT2D eigenvalue weighted by atomic mass is 10.1. The number of anilines is 1. The van der Waals surface area contributed by atoms with Gasteiger partial charge in [0.25, 0.3) is 5.91 Å². The number of amides is 1. The Morgan fingerprint density at radius 2 is 1.81 bits per heavy atom. The molecule has 1 aliphatic rings. The molecular weight excluding hydrogens is 334 g/mol. The van der Waals surface area contributed by atoms with E-state index in [0.717, 1.165) is 4.47 Å². The van der Waals surface area contributed by atoms with Crippen molar-refractivity contribution in [1.82, 2.24) is 0 Å². The molecule has 0 saturated heterocycles. The first kappa shape index (κ1) is 13.9. The largest absolute Gasteiger partial charge is 0.485 e. The summed E-state index contributed by atoms with van der Waals surface area (Å²) in [6.07, 6.45) is 0. The van der Waals surface area contributed by atoms with Crippen molar-refractivity contribution < 1.29 is 14.3 Å². The molecule has 1 atom stereocenters. The van der Waals surface area contributed by atoms with Gasteiger partial charge in [0.1, 0.15) is 6.61 Å². The van der Waals surface area contributed by atoms with E-state index < -0.39 is 5.60 Å². The van der Waals surface area contributed by atoms with E-state index in [0.29, 0.717) is 17.2 Å². The van der Waals surface area contributed by atoms with E-state index in [-0.39, 0.29) is 12.5 Å². The predicted octanol–water partition coefficient (Wildman–Crippen LogP) is 3.62. The lowest BCUT2D eigenvalue weighted by Crippen LogP contribution is -2.52. The van der Waals surface area contributed by atoms with Crippen LogP contribution in [0.1, 0.15) is 6.92 Å². The molecule has 1 unspecified atom stereocenters. The van der Waals surface area contributed by atoms with E-state index in [1.165, 1.54) is 0 Å². The minimum absolute atomic E-state index is 0.173. The number of benzene rings is 2. The van der Waals surface area contributed by atoms with Crippen molar-refractivity contribution in [3.05, 3.63) is 53.0 Å². The molecule has 0 aromatic heterocycles. The molecule has 0 bridgehead atoms. The van der Waals surface area contributed by atoms with Crippen LogP contribution in [-0.4, -0.2) is 18.1 Å². The maximum absolute atomic E-state index is 12.5. The van der Waals surface area contributed by atoms with Gasteiger partial charge < -0.3 is 14.8 Å². The van der Waals surface area contributed by atoms with Crippen molar-refractivity contribution in [2.24, 2.45) is 0 Å². The number of hydrogen-bond donors (Lipinski definition) is 1. The van der Waals surface area contributed by atoms with Crippen LogP contribution in [0.15, 0.2) is 53.0 Å². The Labute approximate surface area is 131 Å². The van der Waals surface area contributed by atoms with Crippen LogP contribution in [0.5, 0.6) is 11.5 Å². The van der Waals surface area contributed by atoms with Crippen molar-refractivity contribution in [3.8, 4) is 11.5 Å². The summed E-state index contributed by atoms with van der Waals surface area (Å²) < 4.78 is 12.4. The zero-order valence-electron chi connectivity index (χ0n) is 11.4. The Kier molecular flexibility index (Phi) is 3.59. The molecule has 1 amide bonds. The Hall–Kier alpha value is -2.01. The molecule has 0 aliphatic carbocycles. The second kappa shape index (κ2) is 5.41. The Balaban J connectivity index is 1.77. The molecule has 4 nitrogen and oxygen atoms in total. The van der Waals surface area contributed by atoms with Gasteiger partial charge in [0.15, 0.2) is 11.5 Å². The number of hydrogen-bond acceptors (Lipinski definition) is 3. The molecule has 3 rings (SSSR count). The molecule has 0 radical (unpaired) electrons. The third-order valence-electron chi connectivity index (χ3n) is 3.27. The SMILES string of the molecule is CC1(C(=O)Nc2ccc(Br)cc2)COc2ccccc2O1. The van der Waals surface area contributed by atoms with Crippen LogP contribution < -0.4 is 14.8 Å². The monoisotopic (exact) mass is 347 g/mol. The minimum atomic E-state index is -1.05. The number of fused-ring (bicyclic) bond motifs is 1. The maximum atomic E-state index is 12.5. The predicted molar refractivity (Wildman–Crippen MR) is 83.7 cm³/mol. The minimum Gasteiger partial charge on any atom is -0.485 e. The van der Waals surface area contributed by atoms with E-state index in [9.17, 15) is 4.79 Å². The van der Waals surface area contributed by atoms with Crippen LogP contribution in [-0.2, 0) is 4.79 Å². The van der Waals surface area contributed by atoms with Crippen molar-refractivity contribution in [3.63, 3.8) is 0 Å². The molecule has 2 aromatic carbocycles. The highest BCUT2D eigenvalue weighted by Gasteiger charge is 2.40. The zero-order chi connectivity index (χ0) is 14.9. The second-order valence-electron chi connectivity index (χ2n) is 5.03. The number of halogens is 1. The molecule has 2 aromatic rings. The van der Waals surface area contributed by atoms with Crippen LogP contribution >= 0.6 is 15.9 Å². The Bertz CT molecular complexity index is 671. The highest BCUT2D eigenvalue weighted by molar-refractivity contribution is 9.10. The fraction of sp³-hybridized carbons (Fsp3) is 0.188. The van der Waals surface area contributed by atoms with E-state index in [1.54, 1.807) is 13.0 Å². The normalized spacial score (nSPS) is 19.9. The van der Waals surface area contributed by atoms with Gasteiger partial charge >= 0.3 is 0 Å². The van der Waals surface area contributed by atoms with E-state index >= 15 is 0 Å². The standard InChI is InChI=1S/C16H14BrNO3/c1-16(10-20-13-4-2-3-5-14(13)21-16)15(19)18-12-8-6-11(17)7-9-12/h2-9H,10H2,1H3,(H,18,19). The molecule has 1 heterocycles. The Morgan fingerprint density at radius 1 is 1.14 bits per heavy atom. The van der Waals surface area contributed by atoms with E-state index in [4.69, 9.17) is 9.47 Å². The summed E-state index contributed by atoms with van der Waals surface area (Å²) >= 11 is 3.36. The summed E-state index contributed by atoms with van der Waals surface area (Å²) in [6.45, 7) is 1.89. The number of rotatable bonds is 2. The van der Waals surface area contributed by atoms with Crippen molar-refractivity contribution in [2.75, 3.05) is 11.9 Å². The van der Waals surface area contributed by atoms with Crippen LogP contribution in [0.2, 0.25) is 0 Å². The number of ether oxygens (including phenoxy) is 2. The summed E-state index contributed by atoms with van der Waals surface area (Å²) in [4.78, 5) is 12.5. The third kappa shape index (κ3) is 2.88. The summed E-state index contributed by atoms with van der Waals surface area (Å²) in [7, 11) is 0. The fourth-order valence-corrected chi connectivity index (χ4v) is 2.31. The molecule has 1 N–H and O–H groups in total. The number of carbonyl (C=O) groups is 1. The van der Waals surface area contributed by atoms with Gasteiger partial charge in [-0.25, -0.2) is 0 Å². The van der Waals surface area contributed by atoms with Crippen LogP contribution in [0.4, 0.5) is 5.69 Å². The molecule has 108 valence electrons. The second-order valence-corrected chi connectivity index (χ2v) is 5.95. The summed E-state index contributed by atoms with van der Waals surface area (Å²) in [5.41, 5.74) is -0.339. The van der Waals surface area contributed by atoms with Gasteiger partial charge in [-0.2, -0.15) is 0 Å². The first-order chi connectivity index (χ1) is 10.1. The van der Waals surface area contributed by atoms with Gasteiger partial charge in [-0.3, -0.25) is 4.79 Å². The molecule has 0 fully saturated rings. The molecular formula is C16H14BrNO3. The molecule has 5 heteroatoms. The van der Waals surface area contributed by atoms with E-state index in [1.807, 2.05) is 42.5 Å². The summed E-state index contributed by atoms with van der Waals surface area (Å²) in [5, 5.41) is 2.85. The average Bonchev–Trinajstić information content (AvgIpc) is 2.49. The van der Waals surface area contributed by atoms with Crippen molar-refractivity contribution >= 4 is 27.5 Å². The van der Waals surface area contributed by atoms with Crippen LogP contribution in [0.25, 0.3) is 0 Å². The molecule has 21 heavy (non-hydrogen) atoms. The highest BCUT2D eigenvalue weighted by Crippen LogP contribution is 2.35. The summed E-state index contributed by atoms with van der Waals surface area (Å²) in [5.74, 6) is 1.00. The van der Waals surface area contributed by atoms with Gasteiger partial charge in [-0.1, -0.05) is 28.1 Å². The smallest absolute Gasteiger partial charge is 0.271 e. The number of para-hydroxylation sites is 2. The van der Waals surface area contributed by atoms with Crippen molar-refractivity contribution in [2.45, 2.75) is 12.5 Å². The molecule has 1 aliphatic heterocycles. The van der Waals surface area contributed by atoms with Gasteiger partial charge in [-0.15, -0.1) is 0 Å². The highest BCUT2D eigenvalue weighted by atomic mass is 79.9. The summed E-state index contributed by atoms with van der Waals surface area (Å²) in [6, 6.07) is 14.7. The number of carbonyl (C=O) groups excluding carboxylic acids is 1. The van der Waals surface area contributed by atoms with Gasteiger partial charge in [0, 0.05) is 10.2 Å². The lowest BCUT2D eigenvalue weighted by Gasteiger charge is -2.34. The van der Waals surface area contributed by atoms with E-state index in [2.05, 4.69) is 21.2 Å². The molecule has 0 spiro atoms. The fourth-order valence-electron chi connectivity index (χ4n) is 2.05. The first-order valence-corrected chi connectivity index (χ1v) is 7.34. The molecule has 0 saturated carbocycles. The topological polar surface area (TPSA) is 47.6 Å². The zero-order valence-corrected chi connectivity index (χ0v) is 13.0. The first-order valence-electron chi connectivity index (χ1n) is 6.55. The van der Waals surface area contributed by atoms with Crippen molar-refractivity contribution in [1.29, 1.82) is 0 Å². The maximum Gasteiger partial charge on any atom is 0.271 e. The van der Waals surface area contributed by atoms with Crippen LogP contribution in [0, 0.1) is 0 Å². The number of nitrogens with one attached hydrogen (secondary N) is 1. The van der Waals surface area contributed by atoms with Gasteiger partial charge in [0.2, 0.25) is 5.60 Å². The van der Waals surface area contributed by atoms with Gasteiger partial charge in [0.05, 0.1) is 0 Å².